The summed E-state index contributed by atoms with van der Waals surface area (Å²) in [7, 11) is 0. The smallest absolute Gasteiger partial charge is 0.292 e. The molecule has 13 heavy (non-hydrogen) atoms. The molecular weight excluding hydrogens is 172 g/mol. The first-order chi connectivity index (χ1) is 6.31. The van der Waals surface area contributed by atoms with Gasteiger partial charge in [-0.15, -0.1) is 0 Å². The third-order valence-corrected chi connectivity index (χ3v) is 2.15. The lowest BCUT2D eigenvalue weighted by Crippen LogP contribution is -2.51. The molecule has 1 amide bonds. The molecule has 1 N–H and O–H groups in total. The van der Waals surface area contributed by atoms with Crippen molar-refractivity contribution in [1.82, 2.24) is 10.1 Å². The van der Waals surface area contributed by atoms with Crippen molar-refractivity contribution in [3.8, 4) is 0 Å². The van der Waals surface area contributed by atoms with Gasteiger partial charge in [0.1, 0.15) is 0 Å². The Kier molecular flexibility index (Phi) is 2.02. The number of hydrogen-bond acceptors (Lipinski definition) is 4. The average Bonchev–Trinajstić information content (AvgIpc) is 2.53. The SMILES string of the molecule is O=C(c1ccno1)N1CC(CO)C1. The molecule has 0 radical (unpaired) electrons. The van der Waals surface area contributed by atoms with Crippen LogP contribution in [0.1, 0.15) is 10.6 Å². The molecule has 0 unspecified atom stereocenters. The van der Waals surface area contributed by atoms with E-state index in [4.69, 9.17) is 9.63 Å². The van der Waals surface area contributed by atoms with Gasteiger partial charge in [-0.25, -0.2) is 0 Å². The molecule has 1 fully saturated rings. The Morgan fingerprint density at radius 2 is 2.54 bits per heavy atom. The number of rotatable bonds is 2. The molecule has 1 aliphatic rings. The van der Waals surface area contributed by atoms with E-state index in [1.807, 2.05) is 0 Å². The van der Waals surface area contributed by atoms with E-state index in [0.717, 1.165) is 0 Å². The second-order valence-corrected chi connectivity index (χ2v) is 3.14. The summed E-state index contributed by atoms with van der Waals surface area (Å²) in [5.74, 6) is 0.338. The third kappa shape index (κ3) is 1.42. The van der Waals surface area contributed by atoms with E-state index in [0.29, 0.717) is 13.1 Å². The van der Waals surface area contributed by atoms with Gasteiger partial charge in [-0.05, 0) is 0 Å². The maximum atomic E-state index is 11.5. The van der Waals surface area contributed by atoms with Gasteiger partial charge < -0.3 is 14.5 Å². The molecule has 2 rings (SSSR count). The summed E-state index contributed by atoms with van der Waals surface area (Å²) in [6.45, 7) is 1.35. The highest BCUT2D eigenvalue weighted by Gasteiger charge is 2.31. The van der Waals surface area contributed by atoms with E-state index in [-0.39, 0.29) is 24.2 Å². The fraction of sp³-hybridized carbons (Fsp3) is 0.500. The molecule has 0 spiro atoms. The van der Waals surface area contributed by atoms with Gasteiger partial charge in [-0.1, -0.05) is 5.16 Å². The zero-order valence-corrected chi connectivity index (χ0v) is 7.01. The number of carbonyl (C=O) groups excluding carboxylic acids is 1. The lowest BCUT2D eigenvalue weighted by Gasteiger charge is -2.37. The number of likely N-dealkylation sites (tertiary alicyclic amines) is 1. The van der Waals surface area contributed by atoms with E-state index >= 15 is 0 Å². The summed E-state index contributed by atoms with van der Waals surface area (Å²) in [6.07, 6.45) is 1.44. The van der Waals surface area contributed by atoms with Crippen LogP contribution in [0.2, 0.25) is 0 Å². The largest absolute Gasteiger partial charge is 0.396 e. The molecule has 5 heteroatoms. The van der Waals surface area contributed by atoms with Gasteiger partial charge >= 0.3 is 0 Å². The summed E-state index contributed by atoms with van der Waals surface area (Å²) < 4.78 is 4.72. The molecule has 0 aliphatic carbocycles. The molecule has 2 heterocycles. The summed E-state index contributed by atoms with van der Waals surface area (Å²) in [6, 6.07) is 1.54. The van der Waals surface area contributed by atoms with Crippen molar-refractivity contribution in [2.24, 2.45) is 5.92 Å². The second kappa shape index (κ2) is 3.18. The standard InChI is InChI=1S/C8H10N2O3/c11-5-6-3-10(4-6)8(12)7-1-2-9-13-7/h1-2,6,11H,3-5H2. The van der Waals surface area contributed by atoms with Crippen molar-refractivity contribution in [1.29, 1.82) is 0 Å². The number of carbonyl (C=O) groups is 1. The maximum absolute atomic E-state index is 11.5. The molecule has 1 aliphatic heterocycles. The van der Waals surface area contributed by atoms with Gasteiger partial charge in [0.25, 0.3) is 5.91 Å². The zero-order valence-electron chi connectivity index (χ0n) is 7.01. The van der Waals surface area contributed by atoms with Gasteiger partial charge in [-0.2, -0.15) is 0 Å². The van der Waals surface area contributed by atoms with Gasteiger partial charge in [0.05, 0.1) is 6.20 Å². The van der Waals surface area contributed by atoms with Crippen LogP contribution in [-0.2, 0) is 0 Å². The molecule has 1 aromatic heterocycles. The fourth-order valence-electron chi connectivity index (χ4n) is 1.33. The molecule has 0 atom stereocenters. The molecular formula is C8H10N2O3. The Morgan fingerprint density at radius 1 is 1.77 bits per heavy atom. The summed E-state index contributed by atoms with van der Waals surface area (Å²) in [5.41, 5.74) is 0. The Balaban J connectivity index is 1.94. The van der Waals surface area contributed by atoms with Crippen molar-refractivity contribution >= 4 is 5.91 Å². The minimum Gasteiger partial charge on any atom is -0.396 e. The summed E-state index contributed by atoms with van der Waals surface area (Å²) in [5, 5.41) is 12.2. The first-order valence-electron chi connectivity index (χ1n) is 4.12. The normalized spacial score (nSPS) is 17.2. The highest BCUT2D eigenvalue weighted by Crippen LogP contribution is 2.17. The van der Waals surface area contributed by atoms with Gasteiger partial charge in [-0.3, -0.25) is 4.79 Å². The van der Waals surface area contributed by atoms with Crippen molar-refractivity contribution in [2.75, 3.05) is 19.7 Å². The Hall–Kier alpha value is -1.36. The number of aromatic nitrogens is 1. The first-order valence-corrected chi connectivity index (χ1v) is 4.12. The molecule has 0 bridgehead atoms. The number of aliphatic hydroxyl groups excluding tert-OH is 1. The molecule has 1 aromatic rings. The van der Waals surface area contributed by atoms with E-state index in [2.05, 4.69) is 5.16 Å². The van der Waals surface area contributed by atoms with Crippen LogP contribution in [0.25, 0.3) is 0 Å². The summed E-state index contributed by atoms with van der Waals surface area (Å²) >= 11 is 0. The van der Waals surface area contributed by atoms with Crippen molar-refractivity contribution < 1.29 is 14.4 Å². The van der Waals surface area contributed by atoms with Crippen LogP contribution in [0.5, 0.6) is 0 Å². The Bertz CT molecular complexity index is 290. The minimum absolute atomic E-state index is 0.139. The molecule has 70 valence electrons. The Morgan fingerprint density at radius 3 is 3.08 bits per heavy atom. The molecule has 5 nitrogen and oxygen atoms in total. The van der Waals surface area contributed by atoms with E-state index in [9.17, 15) is 4.79 Å². The lowest BCUT2D eigenvalue weighted by molar-refractivity contribution is 0.0326. The van der Waals surface area contributed by atoms with Crippen molar-refractivity contribution in [3.63, 3.8) is 0 Å². The van der Waals surface area contributed by atoms with Gasteiger partial charge in [0, 0.05) is 31.7 Å². The zero-order chi connectivity index (χ0) is 9.26. The number of amides is 1. The van der Waals surface area contributed by atoms with Crippen molar-refractivity contribution in [2.45, 2.75) is 0 Å². The van der Waals surface area contributed by atoms with Crippen LogP contribution in [0.4, 0.5) is 0 Å². The van der Waals surface area contributed by atoms with Crippen molar-refractivity contribution in [3.05, 3.63) is 18.0 Å². The predicted octanol–water partition coefficient (Wildman–Crippen LogP) is -0.261. The van der Waals surface area contributed by atoms with E-state index in [1.54, 1.807) is 4.90 Å². The Labute approximate surface area is 74.9 Å². The third-order valence-electron chi connectivity index (χ3n) is 2.15. The predicted molar refractivity (Wildman–Crippen MR) is 43.0 cm³/mol. The van der Waals surface area contributed by atoms with E-state index in [1.165, 1.54) is 12.3 Å². The highest BCUT2D eigenvalue weighted by atomic mass is 16.5. The second-order valence-electron chi connectivity index (χ2n) is 3.14. The number of aliphatic hydroxyl groups is 1. The van der Waals surface area contributed by atoms with Crippen LogP contribution in [0, 0.1) is 5.92 Å². The van der Waals surface area contributed by atoms with Crippen LogP contribution in [0.3, 0.4) is 0 Å². The molecule has 0 saturated carbocycles. The first kappa shape index (κ1) is 8.25. The van der Waals surface area contributed by atoms with Gasteiger partial charge in [0.15, 0.2) is 0 Å². The summed E-state index contributed by atoms with van der Waals surface area (Å²) in [4.78, 5) is 13.1. The lowest BCUT2D eigenvalue weighted by atomic mass is 10.0. The average molecular weight is 182 g/mol. The van der Waals surface area contributed by atoms with Crippen LogP contribution in [-0.4, -0.2) is 40.8 Å². The highest BCUT2D eigenvalue weighted by molar-refractivity contribution is 5.91. The number of hydrogen-bond donors (Lipinski definition) is 1. The number of nitrogens with zero attached hydrogens (tertiary/aromatic N) is 2. The van der Waals surface area contributed by atoms with Crippen LogP contribution >= 0.6 is 0 Å². The molecule has 0 aromatic carbocycles. The maximum Gasteiger partial charge on any atom is 0.292 e. The van der Waals surface area contributed by atoms with Crippen LogP contribution in [0.15, 0.2) is 16.8 Å². The van der Waals surface area contributed by atoms with Gasteiger partial charge in [0.2, 0.25) is 5.76 Å². The topological polar surface area (TPSA) is 66.6 Å². The monoisotopic (exact) mass is 182 g/mol. The fourth-order valence-corrected chi connectivity index (χ4v) is 1.33. The quantitative estimate of drug-likeness (QED) is 0.684. The minimum atomic E-state index is -0.151. The molecule has 1 saturated heterocycles. The van der Waals surface area contributed by atoms with Crippen LogP contribution < -0.4 is 0 Å². The van der Waals surface area contributed by atoms with E-state index < -0.39 is 0 Å².